The number of anilines is 1. The Morgan fingerprint density at radius 1 is 1.15 bits per heavy atom. The van der Waals surface area contributed by atoms with Crippen LogP contribution in [0.15, 0.2) is 18.2 Å². The molecule has 1 aromatic rings. The minimum absolute atomic E-state index is 0.0913. The van der Waals surface area contributed by atoms with Crippen LogP contribution in [-0.2, 0) is 6.42 Å². The van der Waals surface area contributed by atoms with Gasteiger partial charge in [-0.15, -0.1) is 0 Å². The Morgan fingerprint density at radius 2 is 1.80 bits per heavy atom. The second kappa shape index (κ2) is 7.63. The van der Waals surface area contributed by atoms with E-state index in [1.54, 1.807) is 6.07 Å². The summed E-state index contributed by atoms with van der Waals surface area (Å²) in [5.74, 6) is -0.0913. The van der Waals surface area contributed by atoms with Gasteiger partial charge in [0.25, 0.3) is 0 Å². The molecule has 1 atom stereocenters. The quantitative estimate of drug-likeness (QED) is 0.905. The summed E-state index contributed by atoms with van der Waals surface area (Å²) in [5.41, 5.74) is 7.71. The molecule has 1 saturated heterocycles. The van der Waals surface area contributed by atoms with Gasteiger partial charge in [0, 0.05) is 19.1 Å². The summed E-state index contributed by atoms with van der Waals surface area (Å²) >= 11 is 0. The molecule has 0 saturated carbocycles. The highest BCUT2D eigenvalue weighted by molar-refractivity contribution is 5.49. The molecule has 0 amide bonds. The number of hydrogen-bond acceptors (Lipinski definition) is 2. The Bertz CT molecular complexity index is 411. The molecule has 1 unspecified atom stereocenters. The van der Waals surface area contributed by atoms with E-state index >= 15 is 0 Å². The molecule has 1 fully saturated rings. The van der Waals surface area contributed by atoms with Crippen molar-refractivity contribution in [1.82, 2.24) is 0 Å². The van der Waals surface area contributed by atoms with Crippen molar-refractivity contribution in [3.8, 4) is 0 Å². The minimum Gasteiger partial charge on any atom is -0.369 e. The van der Waals surface area contributed by atoms with Crippen LogP contribution in [0.1, 0.15) is 51.0 Å². The normalized spacial score (nSPS) is 18.4. The lowest BCUT2D eigenvalue weighted by Crippen LogP contribution is -2.28. The van der Waals surface area contributed by atoms with Gasteiger partial charge in [0.2, 0.25) is 0 Å². The minimum atomic E-state index is -0.0913. The van der Waals surface area contributed by atoms with Crippen LogP contribution in [0.25, 0.3) is 0 Å². The zero-order valence-electron chi connectivity index (χ0n) is 12.6. The molecular formula is C17H27FN2. The van der Waals surface area contributed by atoms with E-state index in [1.165, 1.54) is 32.1 Å². The average Bonchev–Trinajstić information content (AvgIpc) is 2.39. The molecule has 1 heterocycles. The van der Waals surface area contributed by atoms with Gasteiger partial charge in [-0.1, -0.05) is 32.3 Å². The van der Waals surface area contributed by atoms with Gasteiger partial charge in [0.1, 0.15) is 5.82 Å². The zero-order valence-corrected chi connectivity index (χ0v) is 12.6. The van der Waals surface area contributed by atoms with Crippen molar-refractivity contribution in [2.24, 2.45) is 5.73 Å². The van der Waals surface area contributed by atoms with Crippen molar-refractivity contribution >= 4 is 5.69 Å². The Labute approximate surface area is 122 Å². The molecule has 1 aliphatic rings. The van der Waals surface area contributed by atoms with Gasteiger partial charge in [0.15, 0.2) is 0 Å². The molecule has 1 aromatic carbocycles. The summed E-state index contributed by atoms with van der Waals surface area (Å²) in [5, 5.41) is 0. The van der Waals surface area contributed by atoms with Gasteiger partial charge in [-0.25, -0.2) is 4.39 Å². The fourth-order valence-corrected chi connectivity index (χ4v) is 2.87. The highest BCUT2D eigenvalue weighted by atomic mass is 19.1. The molecule has 2 rings (SSSR count). The van der Waals surface area contributed by atoms with Crippen LogP contribution in [0.2, 0.25) is 0 Å². The van der Waals surface area contributed by atoms with E-state index in [4.69, 9.17) is 5.73 Å². The fraction of sp³-hybridized carbons (Fsp3) is 0.647. The molecule has 0 radical (unpaired) electrons. The summed E-state index contributed by atoms with van der Waals surface area (Å²) in [6.45, 7) is 4.02. The third-order valence-electron chi connectivity index (χ3n) is 4.23. The maximum absolute atomic E-state index is 14.3. The van der Waals surface area contributed by atoms with E-state index in [9.17, 15) is 4.39 Å². The maximum atomic E-state index is 14.3. The number of rotatable bonds is 4. The molecule has 0 aliphatic carbocycles. The van der Waals surface area contributed by atoms with E-state index in [0.29, 0.717) is 0 Å². The first-order valence-corrected chi connectivity index (χ1v) is 7.99. The second-order valence-electron chi connectivity index (χ2n) is 5.91. The molecule has 0 aromatic heterocycles. The van der Waals surface area contributed by atoms with Crippen molar-refractivity contribution in [3.05, 3.63) is 29.6 Å². The predicted molar refractivity (Wildman–Crippen MR) is 83.7 cm³/mol. The zero-order chi connectivity index (χ0) is 14.4. The van der Waals surface area contributed by atoms with Crippen molar-refractivity contribution in [3.63, 3.8) is 0 Å². The Morgan fingerprint density at radius 3 is 2.40 bits per heavy atom. The van der Waals surface area contributed by atoms with Crippen molar-refractivity contribution < 1.29 is 4.39 Å². The van der Waals surface area contributed by atoms with Gasteiger partial charge in [-0.2, -0.15) is 0 Å². The Balaban J connectivity index is 2.07. The SMILES string of the molecule is CCC(N)Cc1ccc(N2CCCCCCC2)c(F)c1. The number of halogens is 1. The van der Waals surface area contributed by atoms with E-state index < -0.39 is 0 Å². The molecule has 1 aliphatic heterocycles. The van der Waals surface area contributed by atoms with Crippen LogP contribution < -0.4 is 10.6 Å². The first kappa shape index (κ1) is 15.3. The van der Waals surface area contributed by atoms with Crippen LogP contribution in [0.4, 0.5) is 10.1 Å². The summed E-state index contributed by atoms with van der Waals surface area (Å²) in [6, 6.07) is 5.77. The topological polar surface area (TPSA) is 29.3 Å². The fourth-order valence-electron chi connectivity index (χ4n) is 2.87. The first-order chi connectivity index (χ1) is 9.70. The van der Waals surface area contributed by atoms with Crippen molar-refractivity contribution in [1.29, 1.82) is 0 Å². The van der Waals surface area contributed by atoms with E-state index in [-0.39, 0.29) is 11.9 Å². The predicted octanol–water partition coefficient (Wildman–Crippen LogP) is 3.88. The molecule has 3 heteroatoms. The monoisotopic (exact) mass is 278 g/mol. The summed E-state index contributed by atoms with van der Waals surface area (Å²) in [6.07, 6.45) is 7.88. The lowest BCUT2D eigenvalue weighted by Gasteiger charge is -2.27. The molecule has 112 valence electrons. The van der Waals surface area contributed by atoms with Gasteiger partial charge in [-0.3, -0.25) is 0 Å². The highest BCUT2D eigenvalue weighted by Crippen LogP contribution is 2.24. The Kier molecular flexibility index (Phi) is 5.84. The van der Waals surface area contributed by atoms with Gasteiger partial charge in [-0.05, 0) is 43.4 Å². The summed E-state index contributed by atoms with van der Waals surface area (Å²) in [4.78, 5) is 2.21. The lowest BCUT2D eigenvalue weighted by atomic mass is 10.0. The smallest absolute Gasteiger partial charge is 0.146 e. The standard InChI is InChI=1S/C17H27FN2/c1-2-15(19)12-14-8-9-17(16(18)13-14)20-10-6-4-3-5-7-11-20/h8-9,13,15H,2-7,10-12,19H2,1H3. The molecule has 0 bridgehead atoms. The van der Waals surface area contributed by atoms with Gasteiger partial charge in [0.05, 0.1) is 5.69 Å². The van der Waals surface area contributed by atoms with Crippen LogP contribution >= 0.6 is 0 Å². The van der Waals surface area contributed by atoms with Crippen LogP contribution in [-0.4, -0.2) is 19.1 Å². The molecule has 2 N–H and O–H groups in total. The first-order valence-electron chi connectivity index (χ1n) is 7.99. The van der Waals surface area contributed by atoms with Gasteiger partial charge < -0.3 is 10.6 Å². The second-order valence-corrected chi connectivity index (χ2v) is 5.91. The van der Waals surface area contributed by atoms with Crippen molar-refractivity contribution in [2.45, 2.75) is 57.9 Å². The number of benzene rings is 1. The lowest BCUT2D eigenvalue weighted by molar-refractivity contribution is 0.544. The maximum Gasteiger partial charge on any atom is 0.146 e. The number of nitrogens with zero attached hydrogens (tertiary/aromatic N) is 1. The molecular weight excluding hydrogens is 251 g/mol. The van der Waals surface area contributed by atoms with E-state index in [1.807, 2.05) is 12.1 Å². The third kappa shape index (κ3) is 4.20. The Hall–Kier alpha value is -1.09. The van der Waals surface area contributed by atoms with E-state index in [0.717, 1.165) is 37.2 Å². The third-order valence-corrected chi connectivity index (χ3v) is 4.23. The number of nitrogens with two attached hydrogens (primary N) is 1. The largest absolute Gasteiger partial charge is 0.369 e. The highest BCUT2D eigenvalue weighted by Gasteiger charge is 2.14. The molecule has 20 heavy (non-hydrogen) atoms. The van der Waals surface area contributed by atoms with Crippen LogP contribution in [0.3, 0.4) is 0 Å². The molecule has 0 spiro atoms. The number of hydrogen-bond donors (Lipinski definition) is 1. The van der Waals surface area contributed by atoms with Crippen LogP contribution in [0.5, 0.6) is 0 Å². The average molecular weight is 278 g/mol. The van der Waals surface area contributed by atoms with Crippen molar-refractivity contribution in [2.75, 3.05) is 18.0 Å². The summed E-state index contributed by atoms with van der Waals surface area (Å²) in [7, 11) is 0. The molecule has 2 nitrogen and oxygen atoms in total. The van der Waals surface area contributed by atoms with E-state index in [2.05, 4.69) is 11.8 Å². The van der Waals surface area contributed by atoms with Crippen LogP contribution in [0, 0.1) is 5.82 Å². The van der Waals surface area contributed by atoms with Gasteiger partial charge >= 0.3 is 0 Å². The summed E-state index contributed by atoms with van der Waals surface area (Å²) < 4.78 is 14.3.